The Labute approximate surface area is 258 Å². The first-order chi connectivity index (χ1) is 21.4. The molecule has 1 aliphatic carbocycles. The number of benzene rings is 3. The van der Waals surface area contributed by atoms with Crippen molar-refractivity contribution in [3.8, 4) is 17.2 Å². The summed E-state index contributed by atoms with van der Waals surface area (Å²) in [6.07, 6.45) is 6.35. The molecule has 0 saturated heterocycles. The fourth-order valence-corrected chi connectivity index (χ4v) is 5.37. The molecule has 9 nitrogen and oxygen atoms in total. The van der Waals surface area contributed by atoms with Crippen LogP contribution in [-0.2, 0) is 11.2 Å². The summed E-state index contributed by atoms with van der Waals surface area (Å²) in [6.45, 7) is 1.81. The van der Waals surface area contributed by atoms with Gasteiger partial charge in [-0.05, 0) is 92.5 Å². The number of aliphatic carboxylic acids is 1. The van der Waals surface area contributed by atoms with E-state index in [9.17, 15) is 24.6 Å². The lowest BCUT2D eigenvalue weighted by molar-refractivity contribution is -0.144. The number of carbonyl (C=O) groups excluding carboxylic acids is 1. The number of aryl methyl sites for hydroxylation is 1. The Hall–Kier alpha value is -4.53. The number of carboxylic acids is 2. The second kappa shape index (κ2) is 16.9. The fourth-order valence-electron chi connectivity index (χ4n) is 5.37. The molecule has 3 N–H and O–H groups in total. The highest BCUT2D eigenvalue weighted by Gasteiger charge is 2.31. The van der Waals surface area contributed by atoms with Crippen LogP contribution < -0.4 is 19.5 Å². The number of rotatable bonds is 17. The number of aromatic carboxylic acids is 1. The molecule has 2 unspecified atom stereocenters. The van der Waals surface area contributed by atoms with Crippen molar-refractivity contribution in [2.45, 2.75) is 51.4 Å². The van der Waals surface area contributed by atoms with Gasteiger partial charge >= 0.3 is 11.9 Å². The Morgan fingerprint density at radius 2 is 1.41 bits per heavy atom. The van der Waals surface area contributed by atoms with Gasteiger partial charge in [0, 0.05) is 6.54 Å². The Bertz CT molecular complexity index is 1360. The molecule has 9 heteroatoms. The van der Waals surface area contributed by atoms with Gasteiger partial charge in [-0.2, -0.15) is 0 Å². The molecule has 1 saturated carbocycles. The number of carboxylic acid groups (broad SMARTS) is 2. The molecule has 1 amide bonds. The van der Waals surface area contributed by atoms with Crippen LogP contribution in [0, 0.1) is 11.8 Å². The van der Waals surface area contributed by atoms with Crippen LogP contribution in [0.25, 0.3) is 0 Å². The third kappa shape index (κ3) is 10.0. The van der Waals surface area contributed by atoms with Gasteiger partial charge in [0.05, 0.1) is 36.9 Å². The number of amides is 1. The van der Waals surface area contributed by atoms with E-state index in [4.69, 9.17) is 14.2 Å². The topological polar surface area (TPSA) is 131 Å². The zero-order chi connectivity index (χ0) is 31.1. The Kier molecular flexibility index (Phi) is 12.5. The van der Waals surface area contributed by atoms with Gasteiger partial charge in [0.2, 0.25) is 0 Å². The van der Waals surface area contributed by atoms with Gasteiger partial charge in [0.25, 0.3) is 5.91 Å². The maximum Gasteiger partial charge on any atom is 0.335 e. The van der Waals surface area contributed by atoms with Crippen LogP contribution >= 0.6 is 0 Å². The molecule has 0 spiro atoms. The van der Waals surface area contributed by atoms with Gasteiger partial charge in [-0.25, -0.2) is 4.79 Å². The van der Waals surface area contributed by atoms with Gasteiger partial charge in [-0.1, -0.05) is 43.2 Å². The number of ether oxygens (including phenoxy) is 3. The summed E-state index contributed by atoms with van der Waals surface area (Å²) in [5.74, 6) is -1.13. The van der Waals surface area contributed by atoms with Crippen molar-refractivity contribution in [2.75, 3.05) is 26.4 Å². The van der Waals surface area contributed by atoms with Crippen LogP contribution in [0.3, 0.4) is 0 Å². The number of para-hydroxylation sites is 1. The minimum atomic E-state index is -1.15. The Morgan fingerprint density at radius 1 is 0.750 bits per heavy atom. The van der Waals surface area contributed by atoms with E-state index in [0.29, 0.717) is 38.4 Å². The molecular weight excluding hydrogens is 562 g/mol. The standard InChI is InChI=1S/C35H41NO8/c37-33(36-24-27-10-4-5-13-30(27)35(40)41)31-23-26(34(38)39)16-19-32(31)44-22-8-9-25-14-17-29(18-15-25)43-21-7-6-20-42-28-11-2-1-3-12-28/h1-3,11-12,14-19,23,27,30H,4-10,13,20-22,24H2,(H,36,37)(H,38,39)(H,40,41). The van der Waals surface area contributed by atoms with E-state index in [0.717, 1.165) is 55.6 Å². The molecule has 3 aromatic carbocycles. The third-order valence-corrected chi connectivity index (χ3v) is 7.83. The summed E-state index contributed by atoms with van der Waals surface area (Å²) in [6, 6.07) is 21.9. The number of hydrogen-bond acceptors (Lipinski definition) is 6. The molecule has 3 aromatic rings. The lowest BCUT2D eigenvalue weighted by Gasteiger charge is -2.28. The molecule has 4 rings (SSSR count). The summed E-state index contributed by atoms with van der Waals surface area (Å²) in [7, 11) is 0. The first-order valence-electron chi connectivity index (χ1n) is 15.3. The Balaban J connectivity index is 1.20. The highest BCUT2D eigenvalue weighted by atomic mass is 16.5. The zero-order valence-corrected chi connectivity index (χ0v) is 24.9. The molecular formula is C35H41NO8. The molecule has 44 heavy (non-hydrogen) atoms. The molecule has 1 fully saturated rings. The van der Waals surface area contributed by atoms with Crippen molar-refractivity contribution >= 4 is 17.8 Å². The van der Waals surface area contributed by atoms with E-state index in [-0.39, 0.29) is 23.6 Å². The summed E-state index contributed by atoms with van der Waals surface area (Å²) < 4.78 is 17.5. The number of unbranched alkanes of at least 4 members (excludes halogenated alkanes) is 1. The van der Waals surface area contributed by atoms with Crippen LogP contribution in [0.2, 0.25) is 0 Å². The van der Waals surface area contributed by atoms with Crippen LogP contribution in [0.5, 0.6) is 17.2 Å². The first kappa shape index (κ1) is 32.4. The number of carbonyl (C=O) groups is 3. The third-order valence-electron chi connectivity index (χ3n) is 7.83. The molecule has 0 aliphatic heterocycles. The summed E-state index contributed by atoms with van der Waals surface area (Å²) in [5, 5.41) is 21.8. The molecule has 234 valence electrons. The second-order valence-electron chi connectivity index (χ2n) is 11.0. The average molecular weight is 604 g/mol. The lowest BCUT2D eigenvalue weighted by Crippen LogP contribution is -2.37. The fraction of sp³-hybridized carbons (Fsp3) is 0.400. The smallest absolute Gasteiger partial charge is 0.335 e. The van der Waals surface area contributed by atoms with Crippen LogP contribution in [-0.4, -0.2) is 54.4 Å². The largest absolute Gasteiger partial charge is 0.494 e. The number of hydrogen-bond donors (Lipinski definition) is 3. The normalized spacial score (nSPS) is 16.1. The van der Waals surface area contributed by atoms with Gasteiger partial charge in [-0.3, -0.25) is 9.59 Å². The van der Waals surface area contributed by atoms with Gasteiger partial charge in [0.15, 0.2) is 0 Å². The van der Waals surface area contributed by atoms with Crippen molar-refractivity contribution in [2.24, 2.45) is 11.8 Å². The molecule has 0 radical (unpaired) electrons. The van der Waals surface area contributed by atoms with Crippen molar-refractivity contribution in [1.29, 1.82) is 0 Å². The van der Waals surface area contributed by atoms with Crippen molar-refractivity contribution in [3.05, 3.63) is 89.5 Å². The van der Waals surface area contributed by atoms with Crippen LogP contribution in [0.4, 0.5) is 0 Å². The predicted octanol–water partition coefficient (Wildman–Crippen LogP) is 6.26. The molecule has 0 aromatic heterocycles. The van der Waals surface area contributed by atoms with Crippen LogP contribution in [0.15, 0.2) is 72.8 Å². The predicted molar refractivity (Wildman–Crippen MR) is 166 cm³/mol. The minimum Gasteiger partial charge on any atom is -0.494 e. The molecule has 0 bridgehead atoms. The zero-order valence-electron chi connectivity index (χ0n) is 24.9. The highest BCUT2D eigenvalue weighted by Crippen LogP contribution is 2.30. The summed E-state index contributed by atoms with van der Waals surface area (Å²) in [4.78, 5) is 36.3. The Morgan fingerprint density at radius 3 is 2.09 bits per heavy atom. The van der Waals surface area contributed by atoms with E-state index >= 15 is 0 Å². The SMILES string of the molecule is O=C(O)c1ccc(OCCCc2ccc(OCCCCOc3ccccc3)cc2)c(C(=O)NCC2CCCCC2C(=O)O)c1. The van der Waals surface area contributed by atoms with E-state index in [1.807, 2.05) is 54.6 Å². The van der Waals surface area contributed by atoms with Crippen LogP contribution in [0.1, 0.15) is 71.2 Å². The van der Waals surface area contributed by atoms with E-state index in [2.05, 4.69) is 5.32 Å². The van der Waals surface area contributed by atoms with Gasteiger partial charge in [-0.15, -0.1) is 0 Å². The average Bonchev–Trinajstić information content (AvgIpc) is 3.04. The van der Waals surface area contributed by atoms with E-state index in [1.165, 1.54) is 18.2 Å². The monoisotopic (exact) mass is 603 g/mol. The first-order valence-corrected chi connectivity index (χ1v) is 15.3. The quantitative estimate of drug-likeness (QED) is 0.154. The molecule has 2 atom stereocenters. The maximum atomic E-state index is 13.1. The molecule has 0 heterocycles. The lowest BCUT2D eigenvalue weighted by atomic mass is 9.79. The van der Waals surface area contributed by atoms with Crippen molar-refractivity contribution in [3.63, 3.8) is 0 Å². The van der Waals surface area contributed by atoms with Crippen molar-refractivity contribution in [1.82, 2.24) is 5.32 Å². The highest BCUT2D eigenvalue weighted by molar-refractivity contribution is 5.99. The molecule has 1 aliphatic rings. The van der Waals surface area contributed by atoms with E-state index in [1.54, 1.807) is 0 Å². The van der Waals surface area contributed by atoms with Gasteiger partial charge in [0.1, 0.15) is 17.2 Å². The van der Waals surface area contributed by atoms with Gasteiger partial charge < -0.3 is 29.7 Å². The maximum absolute atomic E-state index is 13.1. The second-order valence-corrected chi connectivity index (χ2v) is 11.0. The number of nitrogens with one attached hydrogen (secondary N) is 1. The summed E-state index contributed by atoms with van der Waals surface area (Å²) in [5.41, 5.74) is 1.23. The minimum absolute atomic E-state index is 0.0218. The van der Waals surface area contributed by atoms with E-state index < -0.39 is 23.8 Å². The summed E-state index contributed by atoms with van der Waals surface area (Å²) >= 11 is 0. The van der Waals surface area contributed by atoms with Crippen molar-refractivity contribution < 1.29 is 38.8 Å².